The van der Waals surface area contributed by atoms with Crippen LogP contribution in [0, 0.1) is 6.92 Å². The molecule has 0 fully saturated rings. The van der Waals surface area contributed by atoms with E-state index in [1.807, 2.05) is 6.92 Å². The Kier molecular flexibility index (Phi) is 5.25. The Hall–Kier alpha value is -1.10. The predicted molar refractivity (Wildman–Crippen MR) is 66.2 cm³/mol. The van der Waals surface area contributed by atoms with E-state index in [1.165, 1.54) is 24.2 Å². The molecule has 16 heavy (non-hydrogen) atoms. The zero-order valence-corrected chi connectivity index (χ0v) is 10.6. The maximum absolute atomic E-state index is 10.6. The van der Waals surface area contributed by atoms with Crippen LogP contribution in [0.2, 0.25) is 0 Å². The molecule has 0 bridgehead atoms. The van der Waals surface area contributed by atoms with Gasteiger partial charge in [0.2, 0.25) is 0 Å². The third-order valence-electron chi connectivity index (χ3n) is 2.26. The number of anilines is 1. The number of rotatable bonds is 7. The topological polar surface area (TPSA) is 62.2 Å². The Morgan fingerprint density at radius 2 is 2.25 bits per heavy atom. The van der Waals surface area contributed by atoms with E-state index in [-0.39, 0.29) is 6.42 Å². The normalized spacial score (nSPS) is 10.4. The fraction of sp³-hybridized carbons (Fsp3) is 0.636. The van der Waals surface area contributed by atoms with Crippen LogP contribution in [0.5, 0.6) is 0 Å². The van der Waals surface area contributed by atoms with Crippen molar-refractivity contribution >= 4 is 22.4 Å². The lowest BCUT2D eigenvalue weighted by Crippen LogP contribution is -2.00. The molecule has 1 rings (SSSR count). The van der Waals surface area contributed by atoms with E-state index in [2.05, 4.69) is 17.2 Å². The fourth-order valence-corrected chi connectivity index (χ4v) is 2.35. The van der Waals surface area contributed by atoms with Crippen LogP contribution in [0.3, 0.4) is 0 Å². The standard InChI is InChI=1S/C11H18N2O2S/c1-3-4-5-6-12-11-13-8(2)9(16-11)7-10(14)15/h3-7H2,1-2H3,(H,12,13)(H,14,15). The summed E-state index contributed by atoms with van der Waals surface area (Å²) in [6, 6.07) is 0. The van der Waals surface area contributed by atoms with Gasteiger partial charge < -0.3 is 10.4 Å². The average Bonchev–Trinajstić information content (AvgIpc) is 2.54. The molecule has 0 amide bonds. The first-order chi connectivity index (χ1) is 7.63. The van der Waals surface area contributed by atoms with E-state index in [1.54, 1.807) is 0 Å². The van der Waals surface area contributed by atoms with Crippen LogP contribution in [0.1, 0.15) is 36.8 Å². The molecule has 0 aliphatic heterocycles. The molecule has 0 saturated carbocycles. The fourth-order valence-electron chi connectivity index (χ4n) is 1.38. The summed E-state index contributed by atoms with van der Waals surface area (Å²) in [7, 11) is 0. The van der Waals surface area contributed by atoms with Gasteiger partial charge in [-0.2, -0.15) is 0 Å². The van der Waals surface area contributed by atoms with Crippen molar-refractivity contribution in [3.05, 3.63) is 10.6 Å². The molecule has 0 saturated heterocycles. The highest BCUT2D eigenvalue weighted by Crippen LogP contribution is 2.22. The predicted octanol–water partition coefficient (Wildman–Crippen LogP) is 2.68. The average molecular weight is 242 g/mol. The number of carbonyl (C=O) groups is 1. The Morgan fingerprint density at radius 3 is 2.88 bits per heavy atom. The molecule has 2 N–H and O–H groups in total. The van der Waals surface area contributed by atoms with Gasteiger partial charge in [-0.1, -0.05) is 19.8 Å². The highest BCUT2D eigenvalue weighted by Gasteiger charge is 2.10. The van der Waals surface area contributed by atoms with Crippen molar-refractivity contribution in [3.8, 4) is 0 Å². The van der Waals surface area contributed by atoms with E-state index in [9.17, 15) is 4.79 Å². The summed E-state index contributed by atoms with van der Waals surface area (Å²) in [6.07, 6.45) is 3.60. The molecule has 4 nitrogen and oxygen atoms in total. The number of carboxylic acid groups (broad SMARTS) is 1. The van der Waals surface area contributed by atoms with Crippen LogP contribution < -0.4 is 5.32 Å². The van der Waals surface area contributed by atoms with Crippen LogP contribution in [-0.2, 0) is 11.2 Å². The van der Waals surface area contributed by atoms with Crippen LogP contribution in [0.4, 0.5) is 5.13 Å². The van der Waals surface area contributed by atoms with Gasteiger partial charge in [0.05, 0.1) is 12.1 Å². The third kappa shape index (κ3) is 4.18. The lowest BCUT2D eigenvalue weighted by molar-refractivity contribution is -0.136. The molecule has 5 heteroatoms. The smallest absolute Gasteiger partial charge is 0.308 e. The van der Waals surface area contributed by atoms with Gasteiger partial charge in [-0.05, 0) is 13.3 Å². The lowest BCUT2D eigenvalue weighted by atomic mass is 10.2. The Labute approximate surface area is 99.7 Å². The Balaban J connectivity index is 2.45. The third-order valence-corrected chi connectivity index (χ3v) is 3.38. The van der Waals surface area contributed by atoms with Crippen LogP contribution in [0.25, 0.3) is 0 Å². The Morgan fingerprint density at radius 1 is 1.50 bits per heavy atom. The summed E-state index contributed by atoms with van der Waals surface area (Å²) in [5.41, 5.74) is 0.824. The summed E-state index contributed by atoms with van der Waals surface area (Å²) in [6.45, 7) is 4.93. The van der Waals surface area contributed by atoms with Gasteiger partial charge in [0.1, 0.15) is 0 Å². The van der Waals surface area contributed by atoms with Gasteiger partial charge in [0.25, 0.3) is 0 Å². The second-order valence-corrected chi connectivity index (χ2v) is 4.82. The van der Waals surface area contributed by atoms with Crippen molar-refractivity contribution in [1.82, 2.24) is 4.98 Å². The number of carboxylic acids is 1. The van der Waals surface area contributed by atoms with Gasteiger partial charge in [0, 0.05) is 11.4 Å². The molecular formula is C11H18N2O2S. The number of thiazole rings is 1. The molecule has 0 aliphatic carbocycles. The molecule has 0 aromatic carbocycles. The summed E-state index contributed by atoms with van der Waals surface area (Å²) >= 11 is 1.44. The van der Waals surface area contributed by atoms with Gasteiger partial charge in [0.15, 0.2) is 5.13 Å². The first-order valence-electron chi connectivity index (χ1n) is 5.55. The number of nitrogens with one attached hydrogen (secondary N) is 1. The van der Waals surface area contributed by atoms with Gasteiger partial charge >= 0.3 is 5.97 Å². The summed E-state index contributed by atoms with van der Waals surface area (Å²) in [5, 5.41) is 12.8. The lowest BCUT2D eigenvalue weighted by Gasteiger charge is -2.00. The van der Waals surface area contributed by atoms with Crippen LogP contribution in [0.15, 0.2) is 0 Å². The second kappa shape index (κ2) is 6.48. The van der Waals surface area contributed by atoms with Crippen LogP contribution in [-0.4, -0.2) is 22.6 Å². The highest BCUT2D eigenvalue weighted by atomic mass is 32.1. The first kappa shape index (κ1) is 13.0. The van der Waals surface area contributed by atoms with E-state index < -0.39 is 5.97 Å². The first-order valence-corrected chi connectivity index (χ1v) is 6.37. The maximum atomic E-state index is 10.6. The number of aryl methyl sites for hydroxylation is 1. The zero-order chi connectivity index (χ0) is 12.0. The molecule has 90 valence electrons. The number of unbranched alkanes of at least 4 members (excludes halogenated alkanes) is 2. The van der Waals surface area contributed by atoms with Gasteiger partial charge in [-0.15, -0.1) is 11.3 Å². The van der Waals surface area contributed by atoms with Crippen molar-refractivity contribution in [2.45, 2.75) is 39.5 Å². The molecule has 0 aliphatic rings. The monoisotopic (exact) mass is 242 g/mol. The van der Waals surface area contributed by atoms with Crippen molar-refractivity contribution in [3.63, 3.8) is 0 Å². The molecule has 0 radical (unpaired) electrons. The number of aliphatic carboxylic acids is 1. The molecular weight excluding hydrogens is 224 g/mol. The van der Waals surface area contributed by atoms with Crippen molar-refractivity contribution in [2.24, 2.45) is 0 Å². The molecule has 1 aromatic rings. The zero-order valence-electron chi connectivity index (χ0n) is 9.75. The number of hydrogen-bond acceptors (Lipinski definition) is 4. The van der Waals surface area contributed by atoms with E-state index in [0.29, 0.717) is 0 Å². The van der Waals surface area contributed by atoms with Crippen LogP contribution >= 0.6 is 11.3 Å². The number of nitrogens with zero attached hydrogens (tertiary/aromatic N) is 1. The SMILES string of the molecule is CCCCCNc1nc(C)c(CC(=O)O)s1. The summed E-state index contributed by atoms with van der Waals surface area (Å²) in [4.78, 5) is 15.7. The summed E-state index contributed by atoms with van der Waals surface area (Å²) < 4.78 is 0. The number of aromatic nitrogens is 1. The molecule has 0 atom stereocenters. The quantitative estimate of drug-likeness (QED) is 0.722. The minimum Gasteiger partial charge on any atom is -0.481 e. The van der Waals surface area contributed by atoms with Crippen molar-refractivity contribution in [2.75, 3.05) is 11.9 Å². The van der Waals surface area contributed by atoms with Crippen molar-refractivity contribution < 1.29 is 9.90 Å². The number of hydrogen-bond donors (Lipinski definition) is 2. The van der Waals surface area contributed by atoms with Gasteiger partial charge in [-0.25, -0.2) is 4.98 Å². The van der Waals surface area contributed by atoms with Crippen molar-refractivity contribution in [1.29, 1.82) is 0 Å². The minimum absolute atomic E-state index is 0.0696. The van der Waals surface area contributed by atoms with E-state index in [0.717, 1.165) is 28.7 Å². The maximum Gasteiger partial charge on any atom is 0.308 e. The van der Waals surface area contributed by atoms with E-state index >= 15 is 0 Å². The second-order valence-electron chi connectivity index (χ2n) is 3.73. The summed E-state index contributed by atoms with van der Waals surface area (Å²) in [5.74, 6) is -0.802. The minimum atomic E-state index is -0.802. The molecule has 1 heterocycles. The molecule has 0 spiro atoms. The molecule has 1 aromatic heterocycles. The molecule has 0 unspecified atom stereocenters. The van der Waals surface area contributed by atoms with E-state index in [4.69, 9.17) is 5.11 Å². The largest absolute Gasteiger partial charge is 0.481 e. The Bertz CT molecular complexity index is 350. The van der Waals surface area contributed by atoms with Gasteiger partial charge in [-0.3, -0.25) is 4.79 Å². The highest BCUT2D eigenvalue weighted by molar-refractivity contribution is 7.15.